The number of aliphatic hydroxyl groups is 1. The summed E-state index contributed by atoms with van der Waals surface area (Å²) in [6.07, 6.45) is 2.56. The summed E-state index contributed by atoms with van der Waals surface area (Å²) in [6.45, 7) is 1.75. The number of aliphatic hydroxyl groups excluding tert-OH is 1. The molecular formula is C3H12N2O. The molecule has 0 aliphatic heterocycles. The van der Waals surface area contributed by atoms with Gasteiger partial charge in [-0.2, -0.15) is 0 Å². The predicted molar refractivity (Wildman–Crippen MR) is 27.5 cm³/mol. The van der Waals surface area contributed by atoms with Crippen LogP contribution in [0.4, 0.5) is 0 Å². The Balaban J connectivity index is -0.0000000450. The molecule has 0 aromatic rings. The van der Waals surface area contributed by atoms with Gasteiger partial charge >= 0.3 is 0 Å². The molecule has 0 spiro atoms. The van der Waals surface area contributed by atoms with Crippen LogP contribution in [0.2, 0.25) is 0 Å². The third kappa shape index (κ3) is 99.0. The van der Waals surface area contributed by atoms with Crippen molar-refractivity contribution in [1.29, 1.82) is 0 Å². The summed E-state index contributed by atoms with van der Waals surface area (Å²) in [4.78, 5) is 0. The molecule has 0 heterocycles. The molecule has 7 N–H and O–H groups in total. The highest BCUT2D eigenvalue weighted by atomic mass is 16.2. The van der Waals surface area contributed by atoms with Gasteiger partial charge in [-0.15, -0.1) is 0 Å². The fourth-order valence-electron chi connectivity index (χ4n) is 0. The summed E-state index contributed by atoms with van der Waals surface area (Å²) in [6, 6.07) is 0. The van der Waals surface area contributed by atoms with Crippen molar-refractivity contribution in [2.24, 2.45) is 0 Å². The predicted octanol–water partition coefficient (Wildman–Crippen LogP) is 1.40. The first-order valence-corrected chi connectivity index (χ1v) is 1.17. The van der Waals surface area contributed by atoms with Crippen molar-refractivity contribution < 1.29 is 5.11 Å². The van der Waals surface area contributed by atoms with Crippen LogP contribution in [0, 0.1) is 0 Å². The molecule has 0 aliphatic carbocycles. The summed E-state index contributed by atoms with van der Waals surface area (Å²) in [7, 11) is 0. The van der Waals surface area contributed by atoms with E-state index in [4.69, 9.17) is 5.11 Å². The molecule has 0 atom stereocenters. The monoisotopic (exact) mass is 92.1 g/mol. The highest BCUT2D eigenvalue weighted by Gasteiger charge is 1.35. The van der Waals surface area contributed by atoms with Crippen molar-refractivity contribution in [2.75, 3.05) is 0 Å². The van der Waals surface area contributed by atoms with Crippen LogP contribution in [0.25, 0.3) is 0 Å². The van der Waals surface area contributed by atoms with Crippen LogP contribution in [0.15, 0.2) is 12.3 Å². The van der Waals surface area contributed by atoms with E-state index in [9.17, 15) is 0 Å². The minimum atomic E-state index is 0. The lowest BCUT2D eigenvalue weighted by Crippen LogP contribution is -1.36. The lowest BCUT2D eigenvalue weighted by atomic mass is 10.8. The van der Waals surface area contributed by atoms with Gasteiger partial charge in [-0.1, -0.05) is 6.08 Å². The molecule has 0 amide bonds. The van der Waals surface area contributed by atoms with Crippen LogP contribution < -0.4 is 12.3 Å². The lowest BCUT2D eigenvalue weighted by Gasteiger charge is -1.53. The SMILES string of the molecule is C/C=C/O.N.N. The first-order valence-electron chi connectivity index (χ1n) is 1.17. The molecule has 3 nitrogen and oxygen atoms in total. The average molecular weight is 92.1 g/mol. The Morgan fingerprint density at radius 2 is 1.50 bits per heavy atom. The quantitative estimate of drug-likeness (QED) is 0.394. The molecule has 0 fully saturated rings. The Bertz CT molecular complexity index is 24.0. The Hall–Kier alpha value is -0.540. The van der Waals surface area contributed by atoms with Crippen molar-refractivity contribution in [3.63, 3.8) is 0 Å². The minimum absolute atomic E-state index is 0. The maximum Gasteiger partial charge on any atom is 0.0748 e. The zero-order valence-corrected chi connectivity index (χ0v) is 4.02. The largest absolute Gasteiger partial charge is 0.516 e. The molecule has 0 unspecified atom stereocenters. The first kappa shape index (κ1) is 17.9. The van der Waals surface area contributed by atoms with Gasteiger partial charge in [0, 0.05) is 0 Å². The van der Waals surface area contributed by atoms with E-state index in [0.29, 0.717) is 0 Å². The molecule has 0 bridgehead atoms. The molecule has 0 radical (unpaired) electrons. The lowest BCUT2D eigenvalue weighted by molar-refractivity contribution is 0.472. The molecule has 0 aliphatic rings. The number of allylic oxidation sites excluding steroid dienone is 1. The van der Waals surface area contributed by atoms with Gasteiger partial charge in [-0.3, -0.25) is 0 Å². The molecule has 0 aromatic carbocycles. The molecular weight excluding hydrogens is 80.0 g/mol. The zero-order valence-electron chi connectivity index (χ0n) is 4.02. The number of hydrogen-bond donors (Lipinski definition) is 3. The van der Waals surface area contributed by atoms with Crippen molar-refractivity contribution >= 4 is 0 Å². The maximum atomic E-state index is 7.69. The Morgan fingerprint density at radius 3 is 1.50 bits per heavy atom. The van der Waals surface area contributed by atoms with E-state index in [1.165, 1.54) is 0 Å². The standard InChI is InChI=1S/C3H6O.2H3N/c1-2-3-4;;/h2-4H,1H3;2*1H3/b3-2+;;. The van der Waals surface area contributed by atoms with Crippen molar-refractivity contribution in [3.8, 4) is 0 Å². The van der Waals surface area contributed by atoms with Gasteiger partial charge in [-0.05, 0) is 6.92 Å². The Labute approximate surface area is 37.8 Å². The number of rotatable bonds is 0. The van der Waals surface area contributed by atoms with Crippen molar-refractivity contribution in [3.05, 3.63) is 12.3 Å². The molecule has 3 heteroatoms. The number of hydrogen-bond acceptors (Lipinski definition) is 3. The molecule has 40 valence electrons. The van der Waals surface area contributed by atoms with Gasteiger partial charge in [0.05, 0.1) is 6.26 Å². The van der Waals surface area contributed by atoms with E-state index in [1.54, 1.807) is 13.0 Å². The van der Waals surface area contributed by atoms with Crippen molar-refractivity contribution in [1.82, 2.24) is 12.3 Å². The second-order valence-electron chi connectivity index (χ2n) is 0.482. The van der Waals surface area contributed by atoms with Gasteiger partial charge in [0.15, 0.2) is 0 Å². The highest BCUT2D eigenvalue weighted by molar-refractivity contribution is 4.60. The van der Waals surface area contributed by atoms with E-state index in [2.05, 4.69) is 0 Å². The Morgan fingerprint density at radius 1 is 1.33 bits per heavy atom. The highest BCUT2D eigenvalue weighted by Crippen LogP contribution is 1.51. The molecule has 0 saturated carbocycles. The summed E-state index contributed by atoms with van der Waals surface area (Å²) in [5, 5.41) is 7.69. The van der Waals surface area contributed by atoms with Crippen LogP contribution in [-0.2, 0) is 0 Å². The molecule has 0 rings (SSSR count). The second-order valence-corrected chi connectivity index (χ2v) is 0.482. The third-order valence-electron chi connectivity index (χ3n) is 0.149. The second kappa shape index (κ2) is 25.0. The van der Waals surface area contributed by atoms with Crippen molar-refractivity contribution in [2.45, 2.75) is 6.92 Å². The minimum Gasteiger partial charge on any atom is -0.516 e. The summed E-state index contributed by atoms with van der Waals surface area (Å²) >= 11 is 0. The van der Waals surface area contributed by atoms with E-state index < -0.39 is 0 Å². The molecule has 0 saturated heterocycles. The maximum absolute atomic E-state index is 7.69. The molecule has 0 aromatic heterocycles. The van der Waals surface area contributed by atoms with Crippen LogP contribution in [0.1, 0.15) is 6.92 Å². The summed E-state index contributed by atoms with van der Waals surface area (Å²) in [5.74, 6) is 0. The smallest absolute Gasteiger partial charge is 0.0748 e. The van der Waals surface area contributed by atoms with Crippen LogP contribution in [-0.4, -0.2) is 5.11 Å². The van der Waals surface area contributed by atoms with Gasteiger partial charge in [0.2, 0.25) is 0 Å². The van der Waals surface area contributed by atoms with Gasteiger partial charge < -0.3 is 17.4 Å². The van der Waals surface area contributed by atoms with E-state index in [0.717, 1.165) is 6.26 Å². The van der Waals surface area contributed by atoms with Gasteiger partial charge in [0.1, 0.15) is 0 Å². The fourth-order valence-corrected chi connectivity index (χ4v) is 0. The van der Waals surface area contributed by atoms with E-state index in [1.807, 2.05) is 0 Å². The van der Waals surface area contributed by atoms with E-state index >= 15 is 0 Å². The van der Waals surface area contributed by atoms with Crippen LogP contribution in [0.5, 0.6) is 0 Å². The summed E-state index contributed by atoms with van der Waals surface area (Å²) < 4.78 is 0. The molecule has 6 heavy (non-hydrogen) atoms. The third-order valence-corrected chi connectivity index (χ3v) is 0.149. The Kier molecular flexibility index (Phi) is 74.9. The van der Waals surface area contributed by atoms with Crippen LogP contribution >= 0.6 is 0 Å². The van der Waals surface area contributed by atoms with Crippen LogP contribution in [0.3, 0.4) is 0 Å². The topological polar surface area (TPSA) is 90.2 Å². The average Bonchev–Trinajstić information content (AvgIpc) is 1.37. The zero-order chi connectivity index (χ0) is 3.41. The first-order chi connectivity index (χ1) is 1.91. The summed E-state index contributed by atoms with van der Waals surface area (Å²) in [5.41, 5.74) is 0. The fraction of sp³-hybridized carbons (Fsp3) is 0.333. The van der Waals surface area contributed by atoms with E-state index in [-0.39, 0.29) is 12.3 Å². The normalized spacial score (nSPS) is 6.17. The van der Waals surface area contributed by atoms with Gasteiger partial charge in [0.25, 0.3) is 0 Å². The van der Waals surface area contributed by atoms with Gasteiger partial charge in [-0.25, -0.2) is 0 Å².